The Morgan fingerprint density at radius 3 is 2.44 bits per heavy atom. The first kappa shape index (κ1) is 11.5. The van der Waals surface area contributed by atoms with E-state index in [1.54, 1.807) is 12.1 Å². The largest absolute Gasteiger partial charge is 0.416 e. The lowest BCUT2D eigenvalue weighted by molar-refractivity contribution is -0.138. The van der Waals surface area contributed by atoms with Crippen molar-refractivity contribution in [1.82, 2.24) is 0 Å². The second-order valence-electron chi connectivity index (χ2n) is 4.45. The Hall–Kier alpha value is -1.03. The van der Waals surface area contributed by atoms with Crippen LogP contribution in [0.1, 0.15) is 30.4 Å². The molecular formula is C12H14F3N. The fourth-order valence-corrected chi connectivity index (χ4v) is 2.23. The molecule has 0 saturated heterocycles. The minimum atomic E-state index is -4.26. The smallest absolute Gasteiger partial charge is 0.328 e. The summed E-state index contributed by atoms with van der Waals surface area (Å²) in [5.74, 6) is 0.182. The first-order valence-corrected chi connectivity index (χ1v) is 5.33. The third kappa shape index (κ3) is 2.07. The van der Waals surface area contributed by atoms with Gasteiger partial charge in [-0.05, 0) is 36.8 Å². The summed E-state index contributed by atoms with van der Waals surface area (Å²) in [5.41, 5.74) is 5.59. The maximum Gasteiger partial charge on any atom is 0.416 e. The summed E-state index contributed by atoms with van der Waals surface area (Å²) in [6, 6.07) is 5.75. The molecular weight excluding hydrogens is 215 g/mol. The molecule has 88 valence electrons. The van der Waals surface area contributed by atoms with E-state index in [0.29, 0.717) is 5.56 Å². The minimum absolute atomic E-state index is 0.0159. The van der Waals surface area contributed by atoms with Gasteiger partial charge in [-0.1, -0.05) is 18.2 Å². The van der Waals surface area contributed by atoms with Gasteiger partial charge in [0.05, 0.1) is 5.56 Å². The molecule has 1 aliphatic carbocycles. The third-order valence-electron chi connectivity index (χ3n) is 3.18. The van der Waals surface area contributed by atoms with Crippen LogP contribution in [0.15, 0.2) is 24.3 Å². The average Bonchev–Trinajstić information content (AvgIpc) is 2.95. The molecule has 0 aromatic heterocycles. The summed E-state index contributed by atoms with van der Waals surface area (Å²) in [7, 11) is 0. The van der Waals surface area contributed by atoms with Crippen LogP contribution in [0.4, 0.5) is 13.2 Å². The average molecular weight is 229 g/mol. The van der Waals surface area contributed by atoms with Crippen molar-refractivity contribution in [3.8, 4) is 0 Å². The maximum atomic E-state index is 12.7. The summed E-state index contributed by atoms with van der Waals surface area (Å²) < 4.78 is 38.2. The van der Waals surface area contributed by atoms with Crippen LogP contribution in [0.2, 0.25) is 0 Å². The summed E-state index contributed by atoms with van der Waals surface area (Å²) in [5, 5.41) is 0. The molecule has 3 unspecified atom stereocenters. The molecule has 2 rings (SSSR count). The second kappa shape index (κ2) is 3.77. The SMILES string of the molecule is CC(N)C1CC1c1ccccc1C(F)(F)F. The Kier molecular flexibility index (Phi) is 2.70. The van der Waals surface area contributed by atoms with Crippen molar-refractivity contribution in [2.75, 3.05) is 0 Å². The third-order valence-corrected chi connectivity index (χ3v) is 3.18. The fourth-order valence-electron chi connectivity index (χ4n) is 2.23. The molecule has 0 aliphatic heterocycles. The first-order valence-electron chi connectivity index (χ1n) is 5.33. The van der Waals surface area contributed by atoms with E-state index in [1.165, 1.54) is 6.07 Å². The number of nitrogens with two attached hydrogens (primary N) is 1. The number of hydrogen-bond acceptors (Lipinski definition) is 1. The van der Waals surface area contributed by atoms with Crippen molar-refractivity contribution in [1.29, 1.82) is 0 Å². The minimum Gasteiger partial charge on any atom is -0.328 e. The molecule has 1 fully saturated rings. The van der Waals surface area contributed by atoms with E-state index in [4.69, 9.17) is 5.73 Å². The Balaban J connectivity index is 2.29. The van der Waals surface area contributed by atoms with Crippen LogP contribution in [0.25, 0.3) is 0 Å². The van der Waals surface area contributed by atoms with E-state index in [9.17, 15) is 13.2 Å². The lowest BCUT2D eigenvalue weighted by atomic mass is 10.0. The van der Waals surface area contributed by atoms with Crippen LogP contribution in [0, 0.1) is 5.92 Å². The predicted octanol–water partition coefficient (Wildman–Crippen LogP) is 3.16. The summed E-state index contributed by atoms with van der Waals surface area (Å²) in [4.78, 5) is 0. The highest BCUT2D eigenvalue weighted by Crippen LogP contribution is 2.51. The second-order valence-corrected chi connectivity index (χ2v) is 4.45. The van der Waals surface area contributed by atoms with E-state index < -0.39 is 11.7 Å². The summed E-state index contributed by atoms with van der Waals surface area (Å²) in [6.45, 7) is 1.85. The molecule has 0 spiro atoms. The molecule has 3 atom stereocenters. The Morgan fingerprint density at radius 1 is 1.31 bits per heavy atom. The predicted molar refractivity (Wildman–Crippen MR) is 55.9 cm³/mol. The molecule has 4 heteroatoms. The number of halogens is 3. The van der Waals surface area contributed by atoms with Gasteiger partial charge < -0.3 is 5.73 Å². The monoisotopic (exact) mass is 229 g/mol. The molecule has 0 bridgehead atoms. The van der Waals surface area contributed by atoms with E-state index in [1.807, 2.05) is 6.92 Å². The van der Waals surface area contributed by atoms with Crippen molar-refractivity contribution >= 4 is 0 Å². The molecule has 1 nitrogen and oxygen atoms in total. The zero-order valence-corrected chi connectivity index (χ0v) is 8.96. The molecule has 1 aromatic carbocycles. The molecule has 0 radical (unpaired) electrons. The quantitative estimate of drug-likeness (QED) is 0.828. The lowest BCUT2D eigenvalue weighted by Crippen LogP contribution is -2.18. The van der Waals surface area contributed by atoms with Crippen molar-refractivity contribution in [3.05, 3.63) is 35.4 Å². The highest BCUT2D eigenvalue weighted by Gasteiger charge is 2.45. The van der Waals surface area contributed by atoms with Gasteiger partial charge in [-0.25, -0.2) is 0 Å². The van der Waals surface area contributed by atoms with Gasteiger partial charge in [0, 0.05) is 6.04 Å². The van der Waals surface area contributed by atoms with Crippen molar-refractivity contribution in [2.45, 2.75) is 31.5 Å². The van der Waals surface area contributed by atoms with Gasteiger partial charge in [0.25, 0.3) is 0 Å². The molecule has 1 aromatic rings. The van der Waals surface area contributed by atoms with Crippen LogP contribution >= 0.6 is 0 Å². The van der Waals surface area contributed by atoms with Crippen LogP contribution in [-0.2, 0) is 6.18 Å². The number of hydrogen-bond donors (Lipinski definition) is 1. The Morgan fingerprint density at radius 2 is 1.94 bits per heavy atom. The zero-order chi connectivity index (χ0) is 11.9. The van der Waals surface area contributed by atoms with Crippen molar-refractivity contribution in [2.24, 2.45) is 11.7 Å². The standard InChI is InChI=1S/C12H14F3N/c1-7(16)9-6-10(9)8-4-2-3-5-11(8)12(13,14)15/h2-5,7,9-10H,6,16H2,1H3. The molecule has 1 aliphatic rings. The summed E-state index contributed by atoms with van der Waals surface area (Å²) >= 11 is 0. The topological polar surface area (TPSA) is 26.0 Å². The van der Waals surface area contributed by atoms with Gasteiger partial charge in [-0.2, -0.15) is 13.2 Å². The fraction of sp³-hybridized carbons (Fsp3) is 0.500. The summed E-state index contributed by atoms with van der Waals surface area (Å²) in [6.07, 6.45) is -3.49. The van der Waals surface area contributed by atoms with E-state index in [0.717, 1.165) is 12.5 Å². The lowest BCUT2D eigenvalue weighted by Gasteiger charge is -2.13. The van der Waals surface area contributed by atoms with Gasteiger partial charge in [-0.3, -0.25) is 0 Å². The van der Waals surface area contributed by atoms with E-state index in [2.05, 4.69) is 0 Å². The van der Waals surface area contributed by atoms with Crippen LogP contribution < -0.4 is 5.73 Å². The molecule has 16 heavy (non-hydrogen) atoms. The number of benzene rings is 1. The first-order chi connectivity index (χ1) is 7.41. The normalized spacial score (nSPS) is 26.6. The van der Waals surface area contributed by atoms with Gasteiger partial charge >= 0.3 is 6.18 Å². The highest BCUT2D eigenvalue weighted by molar-refractivity contribution is 5.36. The zero-order valence-electron chi connectivity index (χ0n) is 8.96. The Labute approximate surface area is 92.5 Å². The molecule has 0 heterocycles. The Bertz CT molecular complexity index is 384. The van der Waals surface area contributed by atoms with Gasteiger partial charge in [0.15, 0.2) is 0 Å². The van der Waals surface area contributed by atoms with Gasteiger partial charge in [0.1, 0.15) is 0 Å². The van der Waals surface area contributed by atoms with Gasteiger partial charge in [0.2, 0.25) is 0 Å². The van der Waals surface area contributed by atoms with Crippen LogP contribution in [0.5, 0.6) is 0 Å². The van der Waals surface area contributed by atoms with Crippen molar-refractivity contribution < 1.29 is 13.2 Å². The maximum absolute atomic E-state index is 12.7. The number of rotatable bonds is 2. The van der Waals surface area contributed by atoms with E-state index >= 15 is 0 Å². The van der Waals surface area contributed by atoms with Crippen LogP contribution in [0.3, 0.4) is 0 Å². The number of alkyl halides is 3. The molecule has 0 amide bonds. The molecule has 1 saturated carbocycles. The van der Waals surface area contributed by atoms with E-state index in [-0.39, 0.29) is 17.9 Å². The van der Waals surface area contributed by atoms with Gasteiger partial charge in [-0.15, -0.1) is 0 Å². The van der Waals surface area contributed by atoms with Crippen LogP contribution in [-0.4, -0.2) is 6.04 Å². The van der Waals surface area contributed by atoms with Crippen molar-refractivity contribution in [3.63, 3.8) is 0 Å². The highest BCUT2D eigenvalue weighted by atomic mass is 19.4. The molecule has 2 N–H and O–H groups in total.